The van der Waals surface area contributed by atoms with Gasteiger partial charge in [0.1, 0.15) is 23.8 Å². The van der Waals surface area contributed by atoms with Gasteiger partial charge < -0.3 is 10.6 Å². The van der Waals surface area contributed by atoms with Crippen molar-refractivity contribution in [3.8, 4) is 0 Å². The Kier molecular flexibility index (Phi) is 5.90. The van der Waals surface area contributed by atoms with E-state index in [1.54, 1.807) is 12.3 Å². The summed E-state index contributed by atoms with van der Waals surface area (Å²) in [5.41, 5.74) is 2.15. The van der Waals surface area contributed by atoms with Crippen molar-refractivity contribution in [2.75, 3.05) is 30.8 Å². The van der Waals surface area contributed by atoms with E-state index >= 15 is 0 Å². The summed E-state index contributed by atoms with van der Waals surface area (Å²) in [6.07, 6.45) is 5.47. The van der Waals surface area contributed by atoms with Crippen LogP contribution in [-0.4, -0.2) is 45.0 Å². The Morgan fingerprint density at radius 2 is 1.93 bits per heavy atom. The summed E-state index contributed by atoms with van der Waals surface area (Å²) in [6, 6.07) is 10.5. The molecule has 0 radical (unpaired) electrons. The molecule has 4 rings (SSSR count). The second-order valence-corrected chi connectivity index (χ2v) is 7.17. The van der Waals surface area contributed by atoms with Gasteiger partial charge in [-0.25, -0.2) is 24.3 Å². The third-order valence-electron chi connectivity index (χ3n) is 5.08. The van der Waals surface area contributed by atoms with Crippen LogP contribution < -0.4 is 10.6 Å². The van der Waals surface area contributed by atoms with E-state index in [1.165, 1.54) is 18.5 Å². The Labute approximate surface area is 169 Å². The normalized spacial score (nSPS) is 17.1. The van der Waals surface area contributed by atoms with Crippen molar-refractivity contribution in [3.05, 3.63) is 66.0 Å². The van der Waals surface area contributed by atoms with E-state index in [2.05, 4.69) is 30.5 Å². The number of aromatic nitrogens is 4. The predicted octanol–water partition coefficient (Wildman–Crippen LogP) is 3.57. The highest BCUT2D eigenvalue weighted by Crippen LogP contribution is 2.27. The van der Waals surface area contributed by atoms with Crippen molar-refractivity contribution in [1.82, 2.24) is 24.8 Å². The molecule has 8 heteroatoms. The van der Waals surface area contributed by atoms with Gasteiger partial charge in [-0.15, -0.1) is 0 Å². The first-order valence-electron chi connectivity index (χ1n) is 9.76. The molecule has 1 atom stereocenters. The number of nitrogens with zero attached hydrogens (tertiary/aromatic N) is 5. The Hall–Kier alpha value is -3.13. The van der Waals surface area contributed by atoms with E-state index in [4.69, 9.17) is 4.98 Å². The maximum Gasteiger partial charge on any atom is 0.228 e. The summed E-state index contributed by atoms with van der Waals surface area (Å²) in [6.45, 7) is 2.78. The first-order chi connectivity index (χ1) is 14.2. The molecule has 29 heavy (non-hydrogen) atoms. The van der Waals surface area contributed by atoms with Crippen LogP contribution in [0.2, 0.25) is 0 Å². The molecule has 7 nitrogen and oxygen atoms in total. The molecule has 1 aromatic carbocycles. The standard InChI is InChI=1S/C21H24FN7/c1-23-19-11-20(26-14-25-19)28-21-24-9-8-18(27-21)16-3-2-10-29(13-16)12-15-4-6-17(22)7-5-15/h4-9,11,14,16H,2-3,10,12-13H2,1H3,(H2,23,24,25,26,27,28)/t16-/m1/s1. The smallest absolute Gasteiger partial charge is 0.228 e. The number of benzene rings is 1. The minimum Gasteiger partial charge on any atom is -0.373 e. The molecular weight excluding hydrogens is 369 g/mol. The van der Waals surface area contributed by atoms with Gasteiger partial charge in [0.05, 0.1) is 5.69 Å². The van der Waals surface area contributed by atoms with Crippen molar-refractivity contribution in [2.45, 2.75) is 25.3 Å². The molecule has 1 aliphatic heterocycles. The molecule has 2 N–H and O–H groups in total. The SMILES string of the molecule is CNc1cc(Nc2nccc([C@@H]3CCCN(Cc4ccc(F)cc4)C3)n2)ncn1. The molecule has 3 aromatic rings. The first-order valence-corrected chi connectivity index (χ1v) is 9.76. The lowest BCUT2D eigenvalue weighted by molar-refractivity contribution is 0.198. The summed E-state index contributed by atoms with van der Waals surface area (Å²) in [5, 5.41) is 6.14. The monoisotopic (exact) mass is 393 g/mol. The minimum atomic E-state index is -0.197. The number of hydrogen-bond acceptors (Lipinski definition) is 7. The summed E-state index contributed by atoms with van der Waals surface area (Å²) in [5.74, 6) is 2.03. The van der Waals surface area contributed by atoms with Crippen molar-refractivity contribution in [2.24, 2.45) is 0 Å². The van der Waals surface area contributed by atoms with E-state index < -0.39 is 0 Å². The van der Waals surface area contributed by atoms with Gasteiger partial charge in [0.15, 0.2) is 0 Å². The number of nitrogens with one attached hydrogen (secondary N) is 2. The molecule has 0 aliphatic carbocycles. The van der Waals surface area contributed by atoms with Gasteiger partial charge in [-0.05, 0) is 43.1 Å². The van der Waals surface area contributed by atoms with Gasteiger partial charge in [-0.3, -0.25) is 4.90 Å². The van der Waals surface area contributed by atoms with E-state index in [1.807, 2.05) is 25.2 Å². The van der Waals surface area contributed by atoms with Crippen LogP contribution in [0.25, 0.3) is 0 Å². The van der Waals surface area contributed by atoms with E-state index in [0.717, 1.165) is 49.6 Å². The molecule has 0 unspecified atom stereocenters. The van der Waals surface area contributed by atoms with Gasteiger partial charge >= 0.3 is 0 Å². The fourth-order valence-electron chi connectivity index (χ4n) is 3.63. The number of halogens is 1. The predicted molar refractivity (Wildman–Crippen MR) is 111 cm³/mol. The quantitative estimate of drug-likeness (QED) is 0.663. The second-order valence-electron chi connectivity index (χ2n) is 7.17. The topological polar surface area (TPSA) is 78.9 Å². The Bertz CT molecular complexity index is 948. The van der Waals surface area contributed by atoms with E-state index in [9.17, 15) is 4.39 Å². The average molecular weight is 393 g/mol. The van der Waals surface area contributed by atoms with Crippen molar-refractivity contribution < 1.29 is 4.39 Å². The molecule has 0 amide bonds. The van der Waals surface area contributed by atoms with Crippen LogP contribution in [0.4, 0.5) is 22.0 Å². The van der Waals surface area contributed by atoms with Gasteiger partial charge in [-0.2, -0.15) is 0 Å². The van der Waals surface area contributed by atoms with Crippen molar-refractivity contribution >= 4 is 17.6 Å². The van der Waals surface area contributed by atoms with Crippen molar-refractivity contribution in [3.63, 3.8) is 0 Å². The number of likely N-dealkylation sites (tertiary alicyclic amines) is 1. The third-order valence-corrected chi connectivity index (χ3v) is 5.08. The highest BCUT2D eigenvalue weighted by molar-refractivity contribution is 5.52. The number of rotatable bonds is 6. The first kappa shape index (κ1) is 19.2. The van der Waals surface area contributed by atoms with Crippen LogP contribution in [0.1, 0.15) is 30.0 Å². The molecule has 0 saturated carbocycles. The Morgan fingerprint density at radius 1 is 1.10 bits per heavy atom. The van der Waals surface area contributed by atoms with E-state index in [-0.39, 0.29) is 5.82 Å². The molecule has 1 aliphatic rings. The van der Waals surface area contributed by atoms with E-state index in [0.29, 0.717) is 17.7 Å². The highest BCUT2D eigenvalue weighted by Gasteiger charge is 2.23. The molecular formula is C21H24FN7. The van der Waals surface area contributed by atoms with Gasteiger partial charge in [-0.1, -0.05) is 12.1 Å². The van der Waals surface area contributed by atoms with Crippen LogP contribution in [0.3, 0.4) is 0 Å². The Morgan fingerprint density at radius 3 is 2.76 bits per heavy atom. The number of hydrogen-bond donors (Lipinski definition) is 2. The molecule has 2 aromatic heterocycles. The highest BCUT2D eigenvalue weighted by atomic mass is 19.1. The largest absolute Gasteiger partial charge is 0.373 e. The zero-order chi connectivity index (χ0) is 20.1. The lowest BCUT2D eigenvalue weighted by Crippen LogP contribution is -2.34. The fourth-order valence-corrected chi connectivity index (χ4v) is 3.63. The second kappa shape index (κ2) is 8.91. The zero-order valence-electron chi connectivity index (χ0n) is 16.3. The lowest BCUT2D eigenvalue weighted by Gasteiger charge is -2.32. The number of anilines is 3. The van der Waals surface area contributed by atoms with Gasteiger partial charge in [0.25, 0.3) is 0 Å². The van der Waals surface area contributed by atoms with Crippen LogP contribution >= 0.6 is 0 Å². The van der Waals surface area contributed by atoms with Crippen molar-refractivity contribution in [1.29, 1.82) is 0 Å². The summed E-state index contributed by atoms with van der Waals surface area (Å²) >= 11 is 0. The molecule has 1 saturated heterocycles. The van der Waals surface area contributed by atoms with Gasteiger partial charge in [0, 0.05) is 38.3 Å². The van der Waals surface area contributed by atoms with Crippen LogP contribution in [0.5, 0.6) is 0 Å². The summed E-state index contributed by atoms with van der Waals surface area (Å²) in [7, 11) is 1.81. The van der Waals surface area contributed by atoms with Crippen LogP contribution in [-0.2, 0) is 6.54 Å². The maximum absolute atomic E-state index is 13.1. The summed E-state index contributed by atoms with van der Waals surface area (Å²) in [4.78, 5) is 19.8. The van der Waals surface area contributed by atoms with Crippen LogP contribution in [0.15, 0.2) is 48.9 Å². The molecule has 150 valence electrons. The van der Waals surface area contributed by atoms with Gasteiger partial charge in [0.2, 0.25) is 5.95 Å². The third kappa shape index (κ3) is 5.03. The molecule has 0 spiro atoms. The fraction of sp³-hybridized carbons (Fsp3) is 0.333. The molecule has 1 fully saturated rings. The molecule has 0 bridgehead atoms. The molecule has 3 heterocycles. The lowest BCUT2D eigenvalue weighted by atomic mass is 9.94. The number of piperidine rings is 1. The zero-order valence-corrected chi connectivity index (χ0v) is 16.3. The Balaban J connectivity index is 1.43. The summed E-state index contributed by atoms with van der Waals surface area (Å²) < 4.78 is 13.1. The average Bonchev–Trinajstić information content (AvgIpc) is 2.76. The maximum atomic E-state index is 13.1. The van der Waals surface area contributed by atoms with Crippen LogP contribution in [0, 0.1) is 5.82 Å². The minimum absolute atomic E-state index is 0.197.